The molecule has 0 aliphatic heterocycles. The molecule has 0 saturated heterocycles. The maximum atomic E-state index is 8.25. The van der Waals surface area contributed by atoms with Crippen LogP contribution in [-0.2, 0) is 4.79 Å². The molecule has 0 unspecified atom stereocenters. The summed E-state index contributed by atoms with van der Waals surface area (Å²) >= 11 is 7.65. The minimum absolute atomic E-state index is 0. The second-order valence-corrected chi connectivity index (χ2v) is 1.66. The third-order valence-corrected chi connectivity index (χ3v) is 0. The normalized spacial score (nSPS) is 4.30. The standard InChI is InChI=1S/CH3NS2.CH2O2.H4N2.Na/c2-1(3)4;2-1-3;1-2;/h(H3,2,3,4);1H,(H,2,3);1-2H2;/q;;;+1/p-1. The zero-order valence-corrected chi connectivity index (χ0v) is 9.19. The van der Waals surface area contributed by atoms with Gasteiger partial charge in [0.25, 0.3) is 0 Å². The van der Waals surface area contributed by atoms with Gasteiger partial charge in [-0.15, -0.1) is 12.6 Å². The van der Waals surface area contributed by atoms with Gasteiger partial charge in [-0.05, 0) is 0 Å². The van der Waals surface area contributed by atoms with E-state index in [9.17, 15) is 0 Å². The molecule has 0 amide bonds. The second kappa shape index (κ2) is 33.5. The fourth-order valence-corrected chi connectivity index (χ4v) is 0. The fraction of sp³-hybridized carbons (Fsp3) is 0. The number of thiol groups is 1. The summed E-state index contributed by atoms with van der Waals surface area (Å²) in [6, 6.07) is 0. The molecule has 5 nitrogen and oxygen atoms in total. The van der Waals surface area contributed by atoms with Gasteiger partial charge in [-0.3, -0.25) is 11.7 Å². The predicted molar refractivity (Wildman–Crippen MR) is 40.2 cm³/mol. The smallest absolute Gasteiger partial charge is 0.554 e. The Hall–Kier alpha value is 0.630. The third kappa shape index (κ3) is 1270. The van der Waals surface area contributed by atoms with E-state index in [0.717, 1.165) is 0 Å². The van der Waals surface area contributed by atoms with E-state index in [0.29, 0.717) is 0 Å². The molecule has 0 aliphatic carbocycles. The van der Waals surface area contributed by atoms with Crippen LogP contribution in [0.2, 0.25) is 0 Å². The van der Waals surface area contributed by atoms with Crippen LogP contribution in [0, 0.1) is 0 Å². The van der Waals surface area contributed by atoms with Crippen LogP contribution >= 0.6 is 24.8 Å². The van der Waals surface area contributed by atoms with Crippen molar-refractivity contribution in [1.82, 2.24) is 0 Å². The van der Waals surface area contributed by atoms with Crippen molar-refractivity contribution in [2.45, 2.75) is 0 Å². The number of rotatable bonds is 0. The van der Waals surface area contributed by atoms with E-state index in [1.807, 2.05) is 0 Å². The molecule has 0 aromatic heterocycles. The topological polar surface area (TPSA) is 118 Å². The summed E-state index contributed by atoms with van der Waals surface area (Å²) in [7, 11) is 0. The molecule has 10 heavy (non-hydrogen) atoms. The maximum Gasteiger partial charge on any atom is 1.00 e. The number of nitrogens with two attached hydrogens (primary N) is 3. The first-order chi connectivity index (χ1) is 4.15. The molecule has 0 heterocycles. The summed E-state index contributed by atoms with van der Waals surface area (Å²) in [5.41, 5.74) is 4.71. The van der Waals surface area contributed by atoms with E-state index < -0.39 is 6.47 Å². The molecule has 0 spiro atoms. The van der Waals surface area contributed by atoms with Crippen molar-refractivity contribution in [3.05, 3.63) is 0 Å². The molecule has 0 atom stereocenters. The van der Waals surface area contributed by atoms with Crippen LogP contribution in [0.15, 0.2) is 0 Å². The summed E-state index contributed by atoms with van der Waals surface area (Å²) in [6.07, 6.45) is 0. The summed E-state index contributed by atoms with van der Waals surface area (Å²) in [5, 5.41) is 8.25. The van der Waals surface area contributed by atoms with Crippen molar-refractivity contribution < 1.29 is 39.5 Å². The van der Waals surface area contributed by atoms with Crippen LogP contribution in [0.4, 0.5) is 0 Å². The van der Waals surface area contributed by atoms with Gasteiger partial charge in [0.2, 0.25) is 0 Å². The maximum absolute atomic E-state index is 8.25. The Balaban J connectivity index is -0.0000000273. The summed E-state index contributed by atoms with van der Waals surface area (Å²) in [6.45, 7) is -0.500. The van der Waals surface area contributed by atoms with Gasteiger partial charge in [0.05, 0.1) is 0 Å². The van der Waals surface area contributed by atoms with Gasteiger partial charge in [-0.1, -0.05) is 12.2 Å². The van der Waals surface area contributed by atoms with Gasteiger partial charge in [0.1, 0.15) is 4.32 Å². The Morgan fingerprint density at radius 1 is 1.60 bits per heavy atom. The molecule has 0 rings (SSSR count). The number of hydrazine groups is 1. The van der Waals surface area contributed by atoms with Crippen molar-refractivity contribution in [2.75, 3.05) is 0 Å². The Labute approximate surface area is 92.0 Å². The average molecular weight is 193 g/mol. The van der Waals surface area contributed by atoms with Crippen molar-refractivity contribution in [3.8, 4) is 0 Å². The van der Waals surface area contributed by atoms with Gasteiger partial charge in [0.15, 0.2) is 0 Å². The Kier molecular flexibility index (Phi) is 75.0. The number of thiocarbonyl (C=S) groups is 1. The van der Waals surface area contributed by atoms with Crippen LogP contribution < -0.4 is 52.1 Å². The summed E-state index contributed by atoms with van der Waals surface area (Å²) in [4.78, 5) is 8.25. The third-order valence-electron chi connectivity index (χ3n) is 0. The largest absolute Gasteiger partial charge is 1.00 e. The first kappa shape index (κ1) is 22.4. The van der Waals surface area contributed by atoms with Crippen molar-refractivity contribution >= 4 is 35.6 Å². The van der Waals surface area contributed by atoms with Crippen LogP contribution in [0.1, 0.15) is 0 Å². The quantitative estimate of drug-likeness (QED) is 0.0760. The molecule has 0 fully saturated rings. The minimum Gasteiger partial charge on any atom is -0.554 e. The van der Waals surface area contributed by atoms with Gasteiger partial charge in [0, 0.05) is 6.47 Å². The van der Waals surface area contributed by atoms with Crippen molar-refractivity contribution in [3.63, 3.8) is 0 Å². The summed E-state index contributed by atoms with van der Waals surface area (Å²) < 4.78 is 0.194. The number of hydrogen-bond donors (Lipinski definition) is 4. The molecule has 0 saturated carbocycles. The number of carboxylic acid groups (broad SMARTS) is 1. The predicted octanol–water partition coefficient (Wildman–Crippen LogP) is -5.65. The molecule has 8 heteroatoms. The first-order valence-corrected chi connectivity index (χ1v) is 2.38. The van der Waals surface area contributed by atoms with Gasteiger partial charge in [-0.25, -0.2) is 0 Å². The van der Waals surface area contributed by atoms with Crippen LogP contribution in [0.5, 0.6) is 0 Å². The van der Waals surface area contributed by atoms with Crippen LogP contribution in [-0.4, -0.2) is 10.8 Å². The number of carbonyl (C=O) groups is 1. The molecular formula is C2H8N3NaO2S2. The monoisotopic (exact) mass is 193 g/mol. The van der Waals surface area contributed by atoms with Crippen LogP contribution in [0.3, 0.4) is 0 Å². The first-order valence-electron chi connectivity index (χ1n) is 1.52. The molecule has 0 bridgehead atoms. The van der Waals surface area contributed by atoms with E-state index in [1.165, 1.54) is 0 Å². The molecule has 0 radical (unpaired) electrons. The molecule has 0 aliphatic rings. The molecule has 0 aromatic rings. The summed E-state index contributed by atoms with van der Waals surface area (Å²) in [5.74, 6) is 8.00. The molecule has 56 valence electrons. The molecule has 6 N–H and O–H groups in total. The fourth-order valence-electron chi connectivity index (χ4n) is 0. The van der Waals surface area contributed by atoms with Crippen LogP contribution in [0.25, 0.3) is 0 Å². The van der Waals surface area contributed by atoms with Gasteiger partial charge < -0.3 is 15.6 Å². The van der Waals surface area contributed by atoms with Gasteiger partial charge in [-0.2, -0.15) is 0 Å². The van der Waals surface area contributed by atoms with E-state index in [4.69, 9.17) is 15.6 Å². The number of carbonyl (C=O) groups excluding carboxylic acids is 1. The average Bonchev–Trinajstić information content (AvgIpc) is 1.71. The van der Waals surface area contributed by atoms with E-state index in [2.05, 4.69) is 36.5 Å². The SMILES string of the molecule is NC(=S)S.NN.O=C[O-].[Na+]. The van der Waals surface area contributed by atoms with Crippen molar-refractivity contribution in [1.29, 1.82) is 0 Å². The second-order valence-electron chi connectivity index (χ2n) is 0.434. The van der Waals surface area contributed by atoms with Gasteiger partial charge >= 0.3 is 29.6 Å². The zero-order chi connectivity index (χ0) is 8.28. The van der Waals surface area contributed by atoms with E-state index in [1.54, 1.807) is 0 Å². The Bertz CT molecular complexity index is 69.5. The Morgan fingerprint density at radius 3 is 1.60 bits per heavy atom. The van der Waals surface area contributed by atoms with E-state index >= 15 is 0 Å². The van der Waals surface area contributed by atoms with E-state index in [-0.39, 0.29) is 33.9 Å². The Morgan fingerprint density at radius 2 is 1.60 bits per heavy atom. The molecular weight excluding hydrogens is 185 g/mol. The minimum atomic E-state index is -0.500. The molecule has 0 aromatic carbocycles. The number of hydrogen-bond acceptors (Lipinski definition) is 5. The zero-order valence-electron chi connectivity index (χ0n) is 5.48. The van der Waals surface area contributed by atoms with Crippen molar-refractivity contribution in [2.24, 2.45) is 17.4 Å².